The molecule has 2 N–H and O–H groups in total. The molecule has 0 radical (unpaired) electrons. The molecule has 0 bridgehead atoms. The molecule has 2 aromatic carbocycles. The first-order valence-corrected chi connectivity index (χ1v) is 7.19. The van der Waals surface area contributed by atoms with Crippen molar-refractivity contribution in [1.82, 2.24) is 0 Å². The first-order chi connectivity index (χ1) is 11.1. The van der Waals surface area contributed by atoms with Gasteiger partial charge in [-0.05, 0) is 36.4 Å². The highest BCUT2D eigenvalue weighted by Gasteiger charge is 2.27. The Morgan fingerprint density at radius 3 is 2.22 bits per heavy atom. The number of anilines is 2. The van der Waals surface area contributed by atoms with E-state index >= 15 is 0 Å². The molecule has 1 unspecified atom stereocenters. The van der Waals surface area contributed by atoms with Crippen molar-refractivity contribution in [3.8, 4) is 11.5 Å². The number of carbonyl (C=O) groups is 2. The van der Waals surface area contributed by atoms with Crippen LogP contribution in [0.15, 0.2) is 48.5 Å². The third kappa shape index (κ3) is 3.60. The van der Waals surface area contributed by atoms with Gasteiger partial charge in [-0.15, -0.1) is 0 Å². The zero-order chi connectivity index (χ0) is 16.2. The maximum absolute atomic E-state index is 12.3. The summed E-state index contributed by atoms with van der Waals surface area (Å²) in [6.45, 7) is 1.60. The van der Waals surface area contributed by atoms with Crippen LogP contribution in [0.25, 0.3) is 0 Å². The second-order valence-corrected chi connectivity index (χ2v) is 5.11. The van der Waals surface area contributed by atoms with Gasteiger partial charge in [-0.25, -0.2) is 0 Å². The predicted octanol–water partition coefficient (Wildman–Crippen LogP) is 2.42. The van der Waals surface area contributed by atoms with Crippen molar-refractivity contribution < 1.29 is 19.1 Å². The van der Waals surface area contributed by atoms with E-state index in [0.29, 0.717) is 22.9 Å². The molecule has 0 fully saturated rings. The molecule has 6 heteroatoms. The Kier molecular flexibility index (Phi) is 4.14. The van der Waals surface area contributed by atoms with Crippen molar-refractivity contribution in [2.24, 2.45) is 0 Å². The van der Waals surface area contributed by atoms with Crippen LogP contribution in [0.2, 0.25) is 0 Å². The van der Waals surface area contributed by atoms with Crippen LogP contribution >= 0.6 is 0 Å². The van der Waals surface area contributed by atoms with E-state index in [4.69, 9.17) is 9.47 Å². The fourth-order valence-electron chi connectivity index (χ4n) is 2.21. The summed E-state index contributed by atoms with van der Waals surface area (Å²) in [6, 6.07) is 14.1. The average Bonchev–Trinajstić information content (AvgIpc) is 2.55. The summed E-state index contributed by atoms with van der Waals surface area (Å²) in [5.41, 5.74) is 1.29. The average molecular weight is 312 g/mol. The summed E-state index contributed by atoms with van der Waals surface area (Å²) in [4.78, 5) is 23.2. The smallest absolute Gasteiger partial charge is 0.269 e. The van der Waals surface area contributed by atoms with E-state index in [1.165, 1.54) is 6.92 Å². The van der Waals surface area contributed by atoms with Crippen LogP contribution in [0.1, 0.15) is 6.92 Å². The first kappa shape index (κ1) is 14.9. The van der Waals surface area contributed by atoms with Crippen molar-refractivity contribution in [2.45, 2.75) is 13.0 Å². The summed E-state index contributed by atoms with van der Waals surface area (Å²) in [7, 11) is 0. The van der Waals surface area contributed by atoms with E-state index in [-0.39, 0.29) is 18.4 Å². The molecule has 2 amide bonds. The van der Waals surface area contributed by atoms with Crippen molar-refractivity contribution in [3.63, 3.8) is 0 Å². The quantitative estimate of drug-likeness (QED) is 0.912. The topological polar surface area (TPSA) is 76.7 Å². The van der Waals surface area contributed by atoms with Crippen LogP contribution in [0.5, 0.6) is 11.5 Å². The molecular formula is C17H16N2O4. The van der Waals surface area contributed by atoms with Crippen LogP contribution in [-0.2, 0) is 9.59 Å². The molecule has 3 rings (SSSR count). The maximum Gasteiger partial charge on any atom is 0.269 e. The van der Waals surface area contributed by atoms with Gasteiger partial charge in [0.1, 0.15) is 6.61 Å². The molecule has 6 nitrogen and oxygen atoms in total. The van der Waals surface area contributed by atoms with Gasteiger partial charge in [-0.2, -0.15) is 0 Å². The lowest BCUT2D eigenvalue weighted by atomic mass is 10.2. The zero-order valence-corrected chi connectivity index (χ0v) is 12.5. The minimum Gasteiger partial charge on any atom is -0.485 e. The Morgan fingerprint density at radius 1 is 0.957 bits per heavy atom. The van der Waals surface area contributed by atoms with Gasteiger partial charge in [0.15, 0.2) is 11.5 Å². The fourth-order valence-corrected chi connectivity index (χ4v) is 2.21. The summed E-state index contributed by atoms with van der Waals surface area (Å²) >= 11 is 0. The summed E-state index contributed by atoms with van der Waals surface area (Å²) in [6.07, 6.45) is -0.708. The Labute approximate surface area is 133 Å². The van der Waals surface area contributed by atoms with Gasteiger partial charge in [0.25, 0.3) is 5.91 Å². The molecular weight excluding hydrogens is 296 g/mol. The normalized spacial score (nSPS) is 15.6. The number of para-hydroxylation sites is 2. The molecule has 1 aliphatic rings. The SMILES string of the molecule is CC(=O)Nc1ccc(NC(=O)C2COc3ccccc3O2)cc1. The van der Waals surface area contributed by atoms with Crippen LogP contribution in [0, 0.1) is 0 Å². The van der Waals surface area contributed by atoms with Gasteiger partial charge in [0.2, 0.25) is 12.0 Å². The largest absolute Gasteiger partial charge is 0.485 e. The third-order valence-electron chi connectivity index (χ3n) is 3.27. The molecule has 0 saturated carbocycles. The van der Waals surface area contributed by atoms with Crippen LogP contribution in [-0.4, -0.2) is 24.5 Å². The fraction of sp³-hybridized carbons (Fsp3) is 0.176. The third-order valence-corrected chi connectivity index (χ3v) is 3.27. The monoisotopic (exact) mass is 312 g/mol. The number of hydrogen-bond donors (Lipinski definition) is 2. The highest BCUT2D eigenvalue weighted by molar-refractivity contribution is 5.95. The number of hydrogen-bond acceptors (Lipinski definition) is 4. The van der Waals surface area contributed by atoms with Crippen molar-refractivity contribution in [2.75, 3.05) is 17.2 Å². The summed E-state index contributed by atoms with van der Waals surface area (Å²) < 4.78 is 11.2. The maximum atomic E-state index is 12.3. The van der Waals surface area contributed by atoms with Crippen molar-refractivity contribution >= 4 is 23.2 Å². The Bertz CT molecular complexity index is 728. The summed E-state index contributed by atoms with van der Waals surface area (Å²) in [5.74, 6) is 0.760. The van der Waals surface area contributed by atoms with E-state index in [2.05, 4.69) is 10.6 Å². The number of carbonyl (C=O) groups excluding carboxylic acids is 2. The highest BCUT2D eigenvalue weighted by atomic mass is 16.6. The van der Waals surface area contributed by atoms with Gasteiger partial charge in [-0.1, -0.05) is 12.1 Å². The predicted molar refractivity (Wildman–Crippen MR) is 85.7 cm³/mol. The second kappa shape index (κ2) is 6.39. The molecule has 118 valence electrons. The van der Waals surface area contributed by atoms with Gasteiger partial charge < -0.3 is 20.1 Å². The number of benzene rings is 2. The second-order valence-electron chi connectivity index (χ2n) is 5.11. The number of amides is 2. The van der Waals surface area contributed by atoms with Crippen LogP contribution in [0.4, 0.5) is 11.4 Å². The van der Waals surface area contributed by atoms with Gasteiger partial charge in [0, 0.05) is 18.3 Å². The van der Waals surface area contributed by atoms with Gasteiger partial charge in [0.05, 0.1) is 0 Å². The number of fused-ring (bicyclic) bond motifs is 1. The van der Waals surface area contributed by atoms with E-state index in [9.17, 15) is 9.59 Å². The molecule has 0 spiro atoms. The lowest BCUT2D eigenvalue weighted by molar-refractivity contribution is -0.125. The van der Waals surface area contributed by atoms with Crippen molar-refractivity contribution in [1.29, 1.82) is 0 Å². The van der Waals surface area contributed by atoms with E-state index in [0.717, 1.165) is 0 Å². The molecule has 2 aromatic rings. The minimum absolute atomic E-state index is 0.145. The molecule has 1 heterocycles. The van der Waals surface area contributed by atoms with Gasteiger partial charge >= 0.3 is 0 Å². The first-order valence-electron chi connectivity index (χ1n) is 7.19. The van der Waals surface area contributed by atoms with Gasteiger partial charge in [-0.3, -0.25) is 9.59 Å². The molecule has 23 heavy (non-hydrogen) atoms. The standard InChI is InChI=1S/C17H16N2O4/c1-11(20)18-12-6-8-13(9-7-12)19-17(21)16-10-22-14-4-2-3-5-15(14)23-16/h2-9,16H,10H2,1H3,(H,18,20)(H,19,21). The Morgan fingerprint density at radius 2 is 1.57 bits per heavy atom. The molecule has 0 aliphatic carbocycles. The Balaban J connectivity index is 1.62. The molecule has 0 aromatic heterocycles. The van der Waals surface area contributed by atoms with Crippen molar-refractivity contribution in [3.05, 3.63) is 48.5 Å². The lowest BCUT2D eigenvalue weighted by Gasteiger charge is -2.25. The number of nitrogens with one attached hydrogen (secondary N) is 2. The molecule has 1 atom stereocenters. The van der Waals surface area contributed by atoms with E-state index in [1.54, 1.807) is 36.4 Å². The van der Waals surface area contributed by atoms with Crippen LogP contribution in [0.3, 0.4) is 0 Å². The Hall–Kier alpha value is -3.02. The summed E-state index contributed by atoms with van der Waals surface area (Å²) in [5, 5.41) is 5.43. The number of ether oxygens (including phenoxy) is 2. The zero-order valence-electron chi connectivity index (χ0n) is 12.5. The van der Waals surface area contributed by atoms with Crippen LogP contribution < -0.4 is 20.1 Å². The lowest BCUT2D eigenvalue weighted by Crippen LogP contribution is -2.40. The molecule has 0 saturated heterocycles. The minimum atomic E-state index is -0.708. The van der Waals surface area contributed by atoms with E-state index < -0.39 is 6.10 Å². The molecule has 1 aliphatic heterocycles. The number of rotatable bonds is 3. The van der Waals surface area contributed by atoms with E-state index in [1.807, 2.05) is 12.1 Å². The highest BCUT2D eigenvalue weighted by Crippen LogP contribution is 2.31.